The Morgan fingerprint density at radius 2 is 1.58 bits per heavy atom. The Morgan fingerprint density at radius 3 is 2.29 bits per heavy atom. The quantitative estimate of drug-likeness (QED) is 0.866. The lowest BCUT2D eigenvalue weighted by atomic mass is 9.81. The zero-order chi connectivity index (χ0) is 16.4. The third-order valence-electron chi connectivity index (χ3n) is 6.03. The molecule has 0 aromatic heterocycles. The highest BCUT2D eigenvalue weighted by Gasteiger charge is 2.50. The first kappa shape index (κ1) is 15.9. The lowest BCUT2D eigenvalue weighted by molar-refractivity contribution is 0.00600. The number of rotatable bonds is 6. The third-order valence-corrected chi connectivity index (χ3v) is 6.03. The Balaban J connectivity index is 1.37. The maximum absolute atomic E-state index is 6.61. The summed E-state index contributed by atoms with van der Waals surface area (Å²) < 4.78 is 6.35. The largest absolute Gasteiger partial charge is 0.373 e. The average Bonchev–Trinajstić information content (AvgIpc) is 3.19. The van der Waals surface area contributed by atoms with Gasteiger partial charge >= 0.3 is 0 Å². The minimum atomic E-state index is 0.255. The number of hydrogen-bond donors (Lipinski definition) is 1. The van der Waals surface area contributed by atoms with Crippen LogP contribution in [0.4, 0.5) is 0 Å². The lowest BCUT2D eigenvalue weighted by Gasteiger charge is -2.28. The molecule has 24 heavy (non-hydrogen) atoms. The fourth-order valence-electron chi connectivity index (χ4n) is 4.88. The van der Waals surface area contributed by atoms with Crippen molar-refractivity contribution in [1.29, 1.82) is 0 Å². The number of hydrogen-bond acceptors (Lipinski definition) is 2. The molecule has 2 nitrogen and oxygen atoms in total. The van der Waals surface area contributed by atoms with Crippen LogP contribution in [0.5, 0.6) is 0 Å². The first-order valence-corrected chi connectivity index (χ1v) is 9.26. The van der Waals surface area contributed by atoms with E-state index < -0.39 is 0 Å². The summed E-state index contributed by atoms with van der Waals surface area (Å²) in [6.07, 6.45) is 5.26. The molecule has 2 heteroatoms. The summed E-state index contributed by atoms with van der Waals surface area (Å²) in [5.74, 6) is 1.98. The molecule has 0 aliphatic heterocycles. The molecule has 0 amide bonds. The molecule has 5 atom stereocenters. The molecular formula is C22H27NO. The standard InChI is InChI=1S/C22H27NO/c23-21(13-16-7-3-1-4-8-16)20-14-18-11-12-19(20)22(18)24-15-17-9-5-2-6-10-17/h1-10,18-22H,11-15,23H2/t18-,19+,20+,21?,22-/m1/s1. The van der Waals surface area contributed by atoms with Gasteiger partial charge in [0, 0.05) is 6.04 Å². The van der Waals surface area contributed by atoms with Crippen LogP contribution in [0.15, 0.2) is 60.7 Å². The van der Waals surface area contributed by atoms with Crippen LogP contribution in [0.1, 0.15) is 30.4 Å². The minimum absolute atomic E-state index is 0.255. The first-order valence-electron chi connectivity index (χ1n) is 9.26. The van der Waals surface area contributed by atoms with Gasteiger partial charge in [-0.1, -0.05) is 60.7 Å². The van der Waals surface area contributed by atoms with Gasteiger partial charge < -0.3 is 10.5 Å². The Hall–Kier alpha value is -1.64. The fourth-order valence-corrected chi connectivity index (χ4v) is 4.88. The summed E-state index contributed by atoms with van der Waals surface area (Å²) in [5.41, 5.74) is 9.24. The molecule has 4 rings (SSSR count). The van der Waals surface area contributed by atoms with Gasteiger partial charge in [0.15, 0.2) is 0 Å². The molecule has 2 aromatic rings. The summed E-state index contributed by atoms with van der Waals surface area (Å²) in [6, 6.07) is 21.4. The zero-order valence-corrected chi connectivity index (χ0v) is 14.2. The van der Waals surface area contributed by atoms with E-state index in [0.29, 0.717) is 23.9 Å². The summed E-state index contributed by atoms with van der Waals surface area (Å²) in [7, 11) is 0. The van der Waals surface area contributed by atoms with Crippen LogP contribution in [0.25, 0.3) is 0 Å². The van der Waals surface area contributed by atoms with E-state index in [1.54, 1.807) is 0 Å². The Labute approximate surface area is 145 Å². The van der Waals surface area contributed by atoms with E-state index in [1.165, 1.54) is 30.4 Å². The van der Waals surface area contributed by atoms with Gasteiger partial charge in [-0.3, -0.25) is 0 Å². The highest BCUT2D eigenvalue weighted by atomic mass is 16.5. The molecule has 0 radical (unpaired) electrons. The van der Waals surface area contributed by atoms with Crippen LogP contribution in [0, 0.1) is 17.8 Å². The first-order chi connectivity index (χ1) is 11.8. The van der Waals surface area contributed by atoms with Gasteiger partial charge in [-0.05, 0) is 54.6 Å². The summed E-state index contributed by atoms with van der Waals surface area (Å²) in [6.45, 7) is 0.735. The molecular weight excluding hydrogens is 294 g/mol. The molecule has 2 aromatic carbocycles. The summed E-state index contributed by atoms with van der Waals surface area (Å²) >= 11 is 0. The molecule has 2 fully saturated rings. The lowest BCUT2D eigenvalue weighted by Crippen LogP contribution is -2.36. The summed E-state index contributed by atoms with van der Waals surface area (Å²) in [4.78, 5) is 0. The van der Waals surface area contributed by atoms with Crippen LogP contribution >= 0.6 is 0 Å². The monoisotopic (exact) mass is 321 g/mol. The second-order valence-corrected chi connectivity index (χ2v) is 7.52. The van der Waals surface area contributed by atoms with Gasteiger partial charge in [0.05, 0.1) is 12.7 Å². The maximum Gasteiger partial charge on any atom is 0.0720 e. The molecule has 2 saturated carbocycles. The van der Waals surface area contributed by atoms with E-state index in [4.69, 9.17) is 10.5 Å². The van der Waals surface area contributed by atoms with Crippen molar-refractivity contribution in [3.63, 3.8) is 0 Å². The maximum atomic E-state index is 6.61. The normalized spacial score (nSPS) is 29.7. The number of nitrogens with two attached hydrogens (primary N) is 1. The van der Waals surface area contributed by atoms with Crippen LogP contribution in [-0.2, 0) is 17.8 Å². The van der Waals surface area contributed by atoms with E-state index in [9.17, 15) is 0 Å². The zero-order valence-electron chi connectivity index (χ0n) is 14.2. The second kappa shape index (κ2) is 7.08. The van der Waals surface area contributed by atoms with Crippen LogP contribution in [0.3, 0.4) is 0 Å². The topological polar surface area (TPSA) is 35.2 Å². The fraction of sp³-hybridized carbons (Fsp3) is 0.455. The summed E-state index contributed by atoms with van der Waals surface area (Å²) in [5, 5.41) is 0. The van der Waals surface area contributed by atoms with Crippen molar-refractivity contribution in [2.75, 3.05) is 0 Å². The highest BCUT2D eigenvalue weighted by Crippen LogP contribution is 2.51. The molecule has 0 saturated heterocycles. The van der Waals surface area contributed by atoms with Gasteiger partial charge in [-0.25, -0.2) is 0 Å². The Kier molecular flexibility index (Phi) is 4.68. The predicted molar refractivity (Wildman–Crippen MR) is 97.5 cm³/mol. The molecule has 0 spiro atoms. The van der Waals surface area contributed by atoms with Crippen molar-refractivity contribution in [1.82, 2.24) is 0 Å². The van der Waals surface area contributed by atoms with Gasteiger partial charge in [0.1, 0.15) is 0 Å². The van der Waals surface area contributed by atoms with Crippen LogP contribution < -0.4 is 5.73 Å². The van der Waals surface area contributed by atoms with Crippen molar-refractivity contribution in [2.45, 2.75) is 44.4 Å². The van der Waals surface area contributed by atoms with Crippen molar-refractivity contribution in [2.24, 2.45) is 23.5 Å². The van der Waals surface area contributed by atoms with Gasteiger partial charge in [0.25, 0.3) is 0 Å². The molecule has 2 aliphatic carbocycles. The molecule has 2 N–H and O–H groups in total. The molecule has 1 unspecified atom stereocenters. The van der Waals surface area contributed by atoms with Crippen molar-refractivity contribution in [3.05, 3.63) is 71.8 Å². The molecule has 2 bridgehead atoms. The van der Waals surface area contributed by atoms with Crippen molar-refractivity contribution < 1.29 is 4.74 Å². The SMILES string of the molecule is NC(Cc1ccccc1)[C@H]1C[C@H]2CC[C@@H]1[C@@H]2OCc1ccccc1. The number of fused-ring (bicyclic) bond motifs is 2. The Bertz CT molecular complexity index is 642. The van der Waals surface area contributed by atoms with Gasteiger partial charge in [0.2, 0.25) is 0 Å². The molecule has 0 heterocycles. The van der Waals surface area contributed by atoms with E-state index in [0.717, 1.165) is 13.0 Å². The highest BCUT2D eigenvalue weighted by molar-refractivity contribution is 5.17. The van der Waals surface area contributed by atoms with E-state index >= 15 is 0 Å². The van der Waals surface area contributed by atoms with E-state index in [-0.39, 0.29) is 6.04 Å². The number of benzene rings is 2. The second-order valence-electron chi connectivity index (χ2n) is 7.52. The average molecular weight is 321 g/mol. The number of ether oxygens (including phenoxy) is 1. The molecule has 126 valence electrons. The Morgan fingerprint density at radius 1 is 0.917 bits per heavy atom. The van der Waals surface area contributed by atoms with Crippen molar-refractivity contribution in [3.8, 4) is 0 Å². The van der Waals surface area contributed by atoms with Crippen LogP contribution in [-0.4, -0.2) is 12.1 Å². The molecule has 2 aliphatic rings. The third kappa shape index (κ3) is 3.26. The van der Waals surface area contributed by atoms with Crippen LogP contribution in [0.2, 0.25) is 0 Å². The van der Waals surface area contributed by atoms with Gasteiger partial charge in [-0.15, -0.1) is 0 Å². The minimum Gasteiger partial charge on any atom is -0.373 e. The van der Waals surface area contributed by atoms with E-state index in [1.807, 2.05) is 0 Å². The smallest absolute Gasteiger partial charge is 0.0720 e. The van der Waals surface area contributed by atoms with Crippen molar-refractivity contribution >= 4 is 0 Å². The van der Waals surface area contributed by atoms with E-state index in [2.05, 4.69) is 60.7 Å². The van der Waals surface area contributed by atoms with Gasteiger partial charge in [-0.2, -0.15) is 0 Å². The predicted octanol–water partition coefficient (Wildman–Crippen LogP) is 4.19.